The van der Waals surface area contributed by atoms with Gasteiger partial charge in [0, 0.05) is 16.1 Å². The van der Waals surface area contributed by atoms with E-state index in [0.717, 1.165) is 32.5 Å². The van der Waals surface area contributed by atoms with Crippen LogP contribution in [0, 0.1) is 0 Å². The molecule has 0 unspecified atom stereocenters. The Labute approximate surface area is 152 Å². The fraction of sp³-hybridized carbons (Fsp3) is 0.0588. The number of hydrogen-bond acceptors (Lipinski definition) is 4. The van der Waals surface area contributed by atoms with E-state index in [4.69, 9.17) is 27.9 Å². The quantitative estimate of drug-likeness (QED) is 0.478. The lowest BCUT2D eigenvalue weighted by atomic mass is 10.2. The van der Waals surface area contributed by atoms with Gasteiger partial charge in [-0.3, -0.25) is 0 Å². The topological polar surface area (TPSA) is 39.4 Å². The van der Waals surface area contributed by atoms with E-state index in [0.29, 0.717) is 10.0 Å². The monoisotopic (exact) mass is 375 g/mol. The SMILES string of the molecule is COc1ccc(-c2nn3cc(-c4ccc(Cl)cc4Cl)nc3s2)cc1. The van der Waals surface area contributed by atoms with Gasteiger partial charge in [0.25, 0.3) is 0 Å². The van der Waals surface area contributed by atoms with Crippen molar-refractivity contribution in [1.29, 1.82) is 0 Å². The second kappa shape index (κ2) is 6.09. The summed E-state index contributed by atoms with van der Waals surface area (Å²) < 4.78 is 6.95. The van der Waals surface area contributed by atoms with E-state index in [9.17, 15) is 0 Å². The molecule has 4 rings (SSSR count). The van der Waals surface area contributed by atoms with Crippen LogP contribution in [0.25, 0.3) is 26.8 Å². The third-order valence-electron chi connectivity index (χ3n) is 3.59. The molecule has 0 fully saturated rings. The van der Waals surface area contributed by atoms with Gasteiger partial charge in [-0.1, -0.05) is 34.5 Å². The summed E-state index contributed by atoms with van der Waals surface area (Å²) in [5, 5.41) is 6.67. The standard InChI is InChI=1S/C17H11Cl2N3OS/c1-23-12-5-2-10(3-6-12)16-21-22-9-15(20-17(22)24-16)13-7-4-11(18)8-14(13)19/h2-9H,1H3. The number of methoxy groups -OCH3 is 1. The van der Waals surface area contributed by atoms with Crippen molar-refractivity contribution in [3.8, 4) is 27.6 Å². The van der Waals surface area contributed by atoms with Crippen LogP contribution in [0.2, 0.25) is 10.0 Å². The summed E-state index contributed by atoms with van der Waals surface area (Å²) in [6, 6.07) is 13.2. The number of imidazole rings is 1. The molecule has 120 valence electrons. The molecule has 0 bridgehead atoms. The summed E-state index contributed by atoms with van der Waals surface area (Å²) in [5.74, 6) is 0.819. The second-order valence-electron chi connectivity index (χ2n) is 5.11. The third-order valence-corrected chi connectivity index (χ3v) is 5.11. The molecule has 2 aromatic carbocycles. The smallest absolute Gasteiger partial charge is 0.213 e. The van der Waals surface area contributed by atoms with Gasteiger partial charge in [-0.05, 0) is 42.5 Å². The zero-order chi connectivity index (χ0) is 16.7. The van der Waals surface area contributed by atoms with Crippen molar-refractivity contribution in [1.82, 2.24) is 14.6 Å². The van der Waals surface area contributed by atoms with E-state index in [2.05, 4.69) is 10.1 Å². The zero-order valence-electron chi connectivity index (χ0n) is 12.5. The van der Waals surface area contributed by atoms with Crippen LogP contribution in [0.4, 0.5) is 0 Å². The maximum Gasteiger partial charge on any atom is 0.213 e. The predicted octanol–water partition coefficient (Wildman–Crippen LogP) is 5.44. The molecular weight excluding hydrogens is 365 g/mol. The molecule has 0 aliphatic heterocycles. The molecule has 7 heteroatoms. The van der Waals surface area contributed by atoms with E-state index in [1.54, 1.807) is 23.8 Å². The average Bonchev–Trinajstić information content (AvgIpc) is 3.14. The van der Waals surface area contributed by atoms with Crippen molar-refractivity contribution in [3.05, 3.63) is 58.7 Å². The summed E-state index contributed by atoms with van der Waals surface area (Å²) >= 11 is 13.7. The summed E-state index contributed by atoms with van der Waals surface area (Å²) in [5.41, 5.74) is 2.64. The number of fused-ring (bicyclic) bond motifs is 1. The van der Waals surface area contributed by atoms with Crippen molar-refractivity contribution in [3.63, 3.8) is 0 Å². The Morgan fingerprint density at radius 3 is 2.54 bits per heavy atom. The van der Waals surface area contributed by atoms with Gasteiger partial charge in [-0.15, -0.1) is 0 Å². The minimum absolute atomic E-state index is 0.573. The largest absolute Gasteiger partial charge is 0.497 e. The summed E-state index contributed by atoms with van der Waals surface area (Å²) in [4.78, 5) is 5.43. The van der Waals surface area contributed by atoms with Crippen molar-refractivity contribution in [2.45, 2.75) is 0 Å². The molecule has 4 nitrogen and oxygen atoms in total. The second-order valence-corrected chi connectivity index (χ2v) is 6.91. The zero-order valence-corrected chi connectivity index (χ0v) is 14.9. The Bertz CT molecular complexity index is 993. The lowest BCUT2D eigenvalue weighted by molar-refractivity contribution is 0.415. The Balaban J connectivity index is 1.71. The highest BCUT2D eigenvalue weighted by Gasteiger charge is 2.13. The van der Waals surface area contributed by atoms with Gasteiger partial charge in [0.05, 0.1) is 24.0 Å². The number of rotatable bonds is 3. The molecule has 0 spiro atoms. The Morgan fingerprint density at radius 1 is 1.08 bits per heavy atom. The predicted molar refractivity (Wildman–Crippen MR) is 98.3 cm³/mol. The maximum absolute atomic E-state index is 6.25. The first kappa shape index (κ1) is 15.4. The van der Waals surface area contributed by atoms with Crippen LogP contribution in [0.3, 0.4) is 0 Å². The fourth-order valence-corrected chi connectivity index (χ4v) is 3.77. The van der Waals surface area contributed by atoms with E-state index in [1.807, 2.05) is 36.5 Å². The van der Waals surface area contributed by atoms with Gasteiger partial charge in [-0.2, -0.15) is 5.10 Å². The minimum Gasteiger partial charge on any atom is -0.497 e. The van der Waals surface area contributed by atoms with Gasteiger partial charge in [0.2, 0.25) is 4.96 Å². The molecule has 0 saturated carbocycles. The van der Waals surface area contributed by atoms with Crippen LogP contribution < -0.4 is 4.74 Å². The first-order chi connectivity index (χ1) is 11.6. The molecular formula is C17H11Cl2N3OS. The molecule has 0 amide bonds. The minimum atomic E-state index is 0.573. The van der Waals surface area contributed by atoms with Gasteiger partial charge >= 0.3 is 0 Å². The molecule has 4 aromatic rings. The highest BCUT2D eigenvalue weighted by atomic mass is 35.5. The molecule has 2 heterocycles. The maximum atomic E-state index is 6.25. The van der Waals surface area contributed by atoms with Crippen molar-refractivity contribution in [2.24, 2.45) is 0 Å². The third kappa shape index (κ3) is 2.75. The fourth-order valence-electron chi connectivity index (χ4n) is 2.38. The normalized spacial score (nSPS) is 11.1. The molecule has 0 aliphatic carbocycles. The van der Waals surface area contributed by atoms with Gasteiger partial charge in [0.1, 0.15) is 10.8 Å². The Morgan fingerprint density at radius 2 is 1.88 bits per heavy atom. The molecule has 0 saturated heterocycles. The van der Waals surface area contributed by atoms with Crippen molar-refractivity contribution >= 4 is 39.5 Å². The average molecular weight is 376 g/mol. The Kier molecular flexibility index (Phi) is 3.92. The van der Waals surface area contributed by atoms with Crippen LogP contribution in [0.1, 0.15) is 0 Å². The highest BCUT2D eigenvalue weighted by Crippen LogP contribution is 2.32. The van der Waals surface area contributed by atoms with Gasteiger partial charge in [0.15, 0.2) is 0 Å². The van der Waals surface area contributed by atoms with Crippen LogP contribution in [-0.2, 0) is 0 Å². The molecule has 2 aromatic heterocycles. The first-order valence-electron chi connectivity index (χ1n) is 7.10. The van der Waals surface area contributed by atoms with E-state index < -0.39 is 0 Å². The number of hydrogen-bond donors (Lipinski definition) is 0. The summed E-state index contributed by atoms with van der Waals surface area (Å²) in [7, 11) is 1.65. The number of ether oxygens (including phenoxy) is 1. The molecule has 0 aliphatic rings. The van der Waals surface area contributed by atoms with Crippen LogP contribution >= 0.6 is 34.5 Å². The number of nitrogens with zero attached hydrogens (tertiary/aromatic N) is 3. The molecule has 0 radical (unpaired) electrons. The van der Waals surface area contributed by atoms with Crippen molar-refractivity contribution < 1.29 is 4.74 Å². The first-order valence-corrected chi connectivity index (χ1v) is 8.67. The lowest BCUT2D eigenvalue weighted by Gasteiger charge is -2.00. The molecule has 0 atom stereocenters. The van der Waals surface area contributed by atoms with E-state index in [1.165, 1.54) is 11.3 Å². The van der Waals surface area contributed by atoms with E-state index >= 15 is 0 Å². The number of aromatic nitrogens is 3. The summed E-state index contributed by atoms with van der Waals surface area (Å²) in [6.45, 7) is 0. The van der Waals surface area contributed by atoms with Crippen molar-refractivity contribution in [2.75, 3.05) is 7.11 Å². The van der Waals surface area contributed by atoms with Gasteiger partial charge in [-0.25, -0.2) is 9.50 Å². The number of halogens is 2. The lowest BCUT2D eigenvalue weighted by Crippen LogP contribution is -1.84. The molecule has 0 N–H and O–H groups in total. The van der Waals surface area contributed by atoms with Crippen LogP contribution in [0.15, 0.2) is 48.7 Å². The molecule has 24 heavy (non-hydrogen) atoms. The van der Waals surface area contributed by atoms with Gasteiger partial charge < -0.3 is 4.74 Å². The van der Waals surface area contributed by atoms with Crippen LogP contribution in [-0.4, -0.2) is 21.7 Å². The van der Waals surface area contributed by atoms with Crippen LogP contribution in [0.5, 0.6) is 5.75 Å². The Hall–Kier alpha value is -2.08. The van der Waals surface area contributed by atoms with E-state index in [-0.39, 0.29) is 0 Å². The summed E-state index contributed by atoms with van der Waals surface area (Å²) in [6.07, 6.45) is 1.87. The highest BCUT2D eigenvalue weighted by molar-refractivity contribution is 7.19. The number of benzene rings is 2.